The molecule has 186 valence electrons. The summed E-state index contributed by atoms with van der Waals surface area (Å²) in [5.74, 6) is -2.51. The number of carbonyl (C=O) groups is 2. The number of thioether (sulfide) groups is 1. The molecule has 7 nitrogen and oxygen atoms in total. The number of benzene rings is 2. The van der Waals surface area contributed by atoms with E-state index in [9.17, 15) is 9.59 Å². The van der Waals surface area contributed by atoms with E-state index in [0.717, 1.165) is 39.1 Å². The molecular weight excluding hydrogens is 484 g/mol. The minimum absolute atomic E-state index is 0.282. The molecule has 0 saturated carbocycles. The van der Waals surface area contributed by atoms with E-state index in [1.54, 1.807) is 11.8 Å². The third kappa shape index (κ3) is 7.90. The predicted molar refractivity (Wildman–Crippen MR) is 141 cm³/mol. The van der Waals surface area contributed by atoms with Crippen LogP contribution >= 0.6 is 23.5 Å². The van der Waals surface area contributed by atoms with Gasteiger partial charge in [0, 0.05) is 77.4 Å². The summed E-state index contributed by atoms with van der Waals surface area (Å²) in [5.41, 5.74) is 4.01. The minimum Gasteiger partial charge on any atom is -0.478 e. The van der Waals surface area contributed by atoms with Gasteiger partial charge < -0.3 is 20.2 Å². The number of nitrogens with zero attached hydrogens (tertiary/aromatic N) is 2. The largest absolute Gasteiger partial charge is 0.478 e. The van der Waals surface area contributed by atoms with Gasteiger partial charge in [0.25, 0.3) is 0 Å². The Morgan fingerprint density at radius 1 is 1.00 bits per heavy atom. The number of carboxylic acids is 2. The van der Waals surface area contributed by atoms with Crippen molar-refractivity contribution in [2.24, 2.45) is 0 Å². The predicted octanol–water partition coefficient (Wildman–Crippen LogP) is 4.08. The number of hydrogen-bond acceptors (Lipinski definition) is 7. The first-order chi connectivity index (χ1) is 16.9. The molecule has 3 N–H and O–H groups in total. The number of hydrogen-bond donors (Lipinski definition) is 3. The van der Waals surface area contributed by atoms with E-state index in [4.69, 9.17) is 15.3 Å². The van der Waals surface area contributed by atoms with E-state index in [0.29, 0.717) is 12.2 Å². The number of aliphatic hydroxyl groups excluding tert-OH is 1. The van der Waals surface area contributed by atoms with Crippen molar-refractivity contribution >= 4 is 47.2 Å². The maximum atomic E-state index is 9.55. The van der Waals surface area contributed by atoms with Crippen molar-refractivity contribution in [3.05, 3.63) is 65.7 Å². The van der Waals surface area contributed by atoms with Crippen molar-refractivity contribution in [2.45, 2.75) is 21.1 Å². The van der Waals surface area contributed by atoms with Crippen LogP contribution in [0.15, 0.2) is 69.3 Å². The second kappa shape index (κ2) is 13.4. The highest BCUT2D eigenvalue weighted by molar-refractivity contribution is 7.99. The molecule has 1 saturated heterocycles. The van der Waals surface area contributed by atoms with E-state index in [1.165, 1.54) is 31.5 Å². The Kier molecular flexibility index (Phi) is 10.3. The highest BCUT2D eigenvalue weighted by atomic mass is 32.2. The average molecular weight is 515 g/mol. The average Bonchev–Trinajstić information content (AvgIpc) is 3.03. The summed E-state index contributed by atoms with van der Waals surface area (Å²) in [5, 5.41) is 24.7. The quantitative estimate of drug-likeness (QED) is 0.373. The molecule has 4 rings (SSSR count). The summed E-state index contributed by atoms with van der Waals surface area (Å²) in [6.07, 6.45) is 6.50. The van der Waals surface area contributed by atoms with Gasteiger partial charge in [-0.25, -0.2) is 9.59 Å². The highest BCUT2D eigenvalue weighted by Crippen LogP contribution is 2.42. The van der Waals surface area contributed by atoms with Gasteiger partial charge in [-0.3, -0.25) is 4.90 Å². The van der Waals surface area contributed by atoms with Crippen LogP contribution in [0.2, 0.25) is 0 Å². The van der Waals surface area contributed by atoms with Crippen LogP contribution in [0, 0.1) is 0 Å². The van der Waals surface area contributed by atoms with Crippen LogP contribution in [-0.4, -0.2) is 82.6 Å². The fraction of sp³-hybridized carbons (Fsp3) is 0.308. The summed E-state index contributed by atoms with van der Waals surface area (Å²) in [6, 6.07) is 15.6. The Bertz CT molecular complexity index is 1080. The summed E-state index contributed by atoms with van der Waals surface area (Å²) < 4.78 is 0. The monoisotopic (exact) mass is 514 g/mol. The number of piperazine rings is 1. The Hall–Kier alpha value is -2.72. The molecule has 2 heterocycles. The molecule has 0 atom stereocenters. The van der Waals surface area contributed by atoms with Crippen molar-refractivity contribution in [1.29, 1.82) is 0 Å². The summed E-state index contributed by atoms with van der Waals surface area (Å²) in [7, 11) is 0. The molecule has 0 unspecified atom stereocenters. The molecule has 2 aromatic carbocycles. The lowest BCUT2D eigenvalue weighted by Gasteiger charge is -2.37. The van der Waals surface area contributed by atoms with Gasteiger partial charge in [0.1, 0.15) is 0 Å². The van der Waals surface area contributed by atoms with Gasteiger partial charge in [0.2, 0.25) is 0 Å². The normalized spacial score (nSPS) is 15.4. The van der Waals surface area contributed by atoms with Crippen LogP contribution in [0.1, 0.15) is 17.5 Å². The number of carboxylic acid groups (broad SMARTS) is 2. The van der Waals surface area contributed by atoms with Crippen molar-refractivity contribution in [2.75, 3.05) is 45.6 Å². The molecule has 1 fully saturated rings. The first-order valence-electron chi connectivity index (χ1n) is 11.3. The van der Waals surface area contributed by atoms with Crippen molar-refractivity contribution < 1.29 is 24.9 Å². The van der Waals surface area contributed by atoms with Crippen LogP contribution in [0.5, 0.6) is 0 Å². The van der Waals surface area contributed by atoms with Crippen LogP contribution in [0.3, 0.4) is 0 Å². The fourth-order valence-electron chi connectivity index (χ4n) is 3.87. The number of aliphatic hydroxyl groups is 1. The van der Waals surface area contributed by atoms with Gasteiger partial charge in [-0.1, -0.05) is 30.0 Å². The molecule has 0 aromatic heterocycles. The highest BCUT2D eigenvalue weighted by Gasteiger charge is 2.24. The van der Waals surface area contributed by atoms with E-state index >= 15 is 0 Å². The summed E-state index contributed by atoms with van der Waals surface area (Å²) >= 11 is 3.68. The zero-order chi connectivity index (χ0) is 25.2. The zero-order valence-corrected chi connectivity index (χ0v) is 21.2. The third-order valence-corrected chi connectivity index (χ3v) is 7.50. The second-order valence-electron chi connectivity index (χ2n) is 7.95. The molecule has 0 amide bonds. The Labute approximate surface area is 214 Å². The lowest BCUT2D eigenvalue weighted by Crippen LogP contribution is -2.45. The first-order valence-corrected chi connectivity index (χ1v) is 13.3. The van der Waals surface area contributed by atoms with E-state index < -0.39 is 11.9 Å². The lowest BCUT2D eigenvalue weighted by molar-refractivity contribution is -0.134. The summed E-state index contributed by atoms with van der Waals surface area (Å²) in [4.78, 5) is 28.1. The molecule has 9 heteroatoms. The van der Waals surface area contributed by atoms with Gasteiger partial charge in [-0.2, -0.15) is 0 Å². The number of aliphatic carboxylic acids is 2. The standard InChI is InChI=1S/C22H26N2OS2.C4H4O4/c1-26-18-7-8-22-19(16-18)20(15-17-5-2-3-6-21(17)27-22)24-12-10-23(11-13-24)9-4-14-25;5-3(6)1-2-4(7)8/h2-3,5-8,15-16,25H,4,9-14H2,1H3;1-2H,(H,5,6)(H,7,8)/b;2-1+. The molecule has 35 heavy (non-hydrogen) atoms. The molecule has 0 radical (unpaired) electrons. The van der Waals surface area contributed by atoms with Crippen molar-refractivity contribution in [3.8, 4) is 0 Å². The van der Waals surface area contributed by atoms with Crippen molar-refractivity contribution in [1.82, 2.24) is 9.80 Å². The molecule has 2 aliphatic heterocycles. The maximum absolute atomic E-state index is 9.55. The topological polar surface area (TPSA) is 101 Å². The van der Waals surface area contributed by atoms with Crippen molar-refractivity contribution in [3.63, 3.8) is 0 Å². The molecule has 2 aromatic rings. The molecule has 2 aliphatic rings. The molecule has 0 spiro atoms. The van der Waals surface area contributed by atoms with Crippen LogP contribution in [-0.2, 0) is 9.59 Å². The van der Waals surface area contributed by atoms with E-state index in [-0.39, 0.29) is 6.61 Å². The SMILES string of the molecule is CSc1ccc2c(c1)C(N1CCN(CCCO)CC1)=Cc1ccccc1S2.O=C(O)/C=C/C(=O)O. The molecule has 0 bridgehead atoms. The molecular formula is C26H30N2O5S2. The minimum atomic E-state index is -1.26. The Morgan fingerprint density at radius 3 is 2.31 bits per heavy atom. The van der Waals surface area contributed by atoms with Gasteiger partial charge >= 0.3 is 11.9 Å². The second-order valence-corrected chi connectivity index (χ2v) is 9.91. The van der Waals surface area contributed by atoms with E-state index in [1.807, 2.05) is 11.8 Å². The van der Waals surface area contributed by atoms with Crippen LogP contribution in [0.4, 0.5) is 0 Å². The van der Waals surface area contributed by atoms with Gasteiger partial charge in [0.15, 0.2) is 0 Å². The zero-order valence-electron chi connectivity index (χ0n) is 19.6. The summed E-state index contributed by atoms with van der Waals surface area (Å²) in [6.45, 7) is 5.47. The van der Waals surface area contributed by atoms with Gasteiger partial charge in [-0.15, -0.1) is 11.8 Å². The number of fused-ring (bicyclic) bond motifs is 2. The van der Waals surface area contributed by atoms with Gasteiger partial charge in [-0.05, 0) is 48.6 Å². The third-order valence-electron chi connectivity index (χ3n) is 5.61. The lowest BCUT2D eigenvalue weighted by atomic mass is 10.1. The Morgan fingerprint density at radius 2 is 1.69 bits per heavy atom. The number of rotatable bonds is 7. The Balaban J connectivity index is 0.000000371. The smallest absolute Gasteiger partial charge is 0.328 e. The fourth-order valence-corrected chi connectivity index (χ4v) is 5.35. The van der Waals surface area contributed by atoms with Crippen LogP contribution < -0.4 is 0 Å². The van der Waals surface area contributed by atoms with Gasteiger partial charge in [0.05, 0.1) is 0 Å². The first kappa shape index (κ1) is 26.9. The maximum Gasteiger partial charge on any atom is 0.328 e. The molecule has 0 aliphatic carbocycles. The van der Waals surface area contributed by atoms with E-state index in [2.05, 4.69) is 64.6 Å². The van der Waals surface area contributed by atoms with Crippen LogP contribution in [0.25, 0.3) is 11.8 Å².